The van der Waals surface area contributed by atoms with Gasteiger partial charge in [0.1, 0.15) is 0 Å². The molecule has 2 rings (SSSR count). The quantitative estimate of drug-likeness (QED) is 0.885. The monoisotopic (exact) mass is 328 g/mol. The number of halogens is 1. The van der Waals surface area contributed by atoms with Crippen molar-refractivity contribution in [1.29, 1.82) is 0 Å². The lowest BCUT2D eigenvalue weighted by Gasteiger charge is -2.18. The molecule has 1 atom stereocenters. The van der Waals surface area contributed by atoms with Crippen molar-refractivity contribution < 1.29 is 0 Å². The first-order chi connectivity index (χ1) is 8.77. The fourth-order valence-corrected chi connectivity index (χ4v) is 3.61. The zero-order chi connectivity index (χ0) is 13.0. The summed E-state index contributed by atoms with van der Waals surface area (Å²) in [5, 5.41) is 13.8. The molecule has 4 nitrogen and oxygen atoms in total. The van der Waals surface area contributed by atoms with Crippen molar-refractivity contribution in [3.05, 3.63) is 32.7 Å². The van der Waals surface area contributed by atoms with Gasteiger partial charge in [0.2, 0.25) is 0 Å². The number of nitrogens with one attached hydrogen (secondary N) is 1. The van der Waals surface area contributed by atoms with E-state index in [2.05, 4.69) is 56.9 Å². The summed E-state index contributed by atoms with van der Waals surface area (Å²) in [4.78, 5) is 1.27. The van der Waals surface area contributed by atoms with Crippen molar-refractivity contribution in [2.45, 2.75) is 32.9 Å². The van der Waals surface area contributed by atoms with Crippen LogP contribution in [0.15, 0.2) is 22.1 Å². The molecule has 0 saturated heterocycles. The maximum Gasteiger partial charge on any atom is 0.0869 e. The van der Waals surface area contributed by atoms with Crippen LogP contribution in [0.25, 0.3) is 0 Å². The highest BCUT2D eigenvalue weighted by atomic mass is 79.9. The number of aryl methyl sites for hydroxylation is 1. The van der Waals surface area contributed by atoms with Crippen LogP contribution in [0.5, 0.6) is 0 Å². The Morgan fingerprint density at radius 1 is 1.50 bits per heavy atom. The predicted octanol–water partition coefficient (Wildman–Crippen LogP) is 3.21. The van der Waals surface area contributed by atoms with Crippen LogP contribution in [0.4, 0.5) is 0 Å². The lowest BCUT2D eigenvalue weighted by Crippen LogP contribution is -2.24. The summed E-state index contributed by atoms with van der Waals surface area (Å²) in [6, 6.07) is 2.24. The van der Waals surface area contributed by atoms with Crippen molar-refractivity contribution in [1.82, 2.24) is 20.3 Å². The molecule has 0 aromatic carbocycles. The van der Waals surface area contributed by atoms with Crippen LogP contribution in [-0.2, 0) is 6.54 Å². The number of hydrogen-bond donors (Lipinski definition) is 1. The Balaban J connectivity index is 2.35. The van der Waals surface area contributed by atoms with E-state index in [0.29, 0.717) is 0 Å². The zero-order valence-electron chi connectivity index (χ0n) is 10.6. The molecule has 0 saturated carbocycles. The molecule has 0 amide bonds. The van der Waals surface area contributed by atoms with Crippen LogP contribution < -0.4 is 5.32 Å². The summed E-state index contributed by atoms with van der Waals surface area (Å²) >= 11 is 5.35. The van der Waals surface area contributed by atoms with Gasteiger partial charge in [0, 0.05) is 15.9 Å². The van der Waals surface area contributed by atoms with E-state index in [1.165, 1.54) is 4.88 Å². The normalized spacial score (nSPS) is 12.8. The molecule has 98 valence electrons. The molecule has 6 heteroatoms. The molecule has 2 aromatic heterocycles. The first-order valence-corrected chi connectivity index (χ1v) is 7.79. The average molecular weight is 329 g/mol. The third-order valence-electron chi connectivity index (χ3n) is 2.69. The highest BCUT2D eigenvalue weighted by Crippen LogP contribution is 2.32. The number of thiophene rings is 1. The van der Waals surface area contributed by atoms with Gasteiger partial charge in [0.15, 0.2) is 0 Å². The van der Waals surface area contributed by atoms with E-state index in [1.54, 1.807) is 11.3 Å². The molecule has 0 aliphatic carbocycles. The molecule has 2 heterocycles. The van der Waals surface area contributed by atoms with Gasteiger partial charge in [0.25, 0.3) is 0 Å². The fourth-order valence-electron chi connectivity index (χ4n) is 1.92. The van der Waals surface area contributed by atoms with Gasteiger partial charge < -0.3 is 5.32 Å². The largest absolute Gasteiger partial charge is 0.305 e. The Labute approximate surface area is 120 Å². The molecule has 18 heavy (non-hydrogen) atoms. The van der Waals surface area contributed by atoms with Gasteiger partial charge in [-0.3, -0.25) is 0 Å². The van der Waals surface area contributed by atoms with Crippen molar-refractivity contribution in [3.8, 4) is 0 Å². The Hall–Kier alpha value is -0.720. The first-order valence-electron chi connectivity index (χ1n) is 6.12. The Kier molecular flexibility index (Phi) is 4.91. The van der Waals surface area contributed by atoms with Crippen molar-refractivity contribution in [3.63, 3.8) is 0 Å². The van der Waals surface area contributed by atoms with Crippen LogP contribution in [0.1, 0.15) is 36.9 Å². The van der Waals surface area contributed by atoms with Gasteiger partial charge in [-0.25, -0.2) is 4.68 Å². The molecule has 1 N–H and O–H groups in total. The maximum atomic E-state index is 4.16. The van der Waals surface area contributed by atoms with Crippen molar-refractivity contribution in [2.24, 2.45) is 0 Å². The highest BCUT2D eigenvalue weighted by Gasteiger charge is 2.21. The highest BCUT2D eigenvalue weighted by molar-refractivity contribution is 9.10. The molecule has 0 aliphatic heterocycles. The summed E-state index contributed by atoms with van der Waals surface area (Å²) in [5.41, 5.74) is 1.13. The van der Waals surface area contributed by atoms with Crippen molar-refractivity contribution >= 4 is 27.3 Å². The number of hydrogen-bond acceptors (Lipinski definition) is 4. The average Bonchev–Trinajstić information content (AvgIpc) is 2.96. The van der Waals surface area contributed by atoms with Crippen LogP contribution in [0.2, 0.25) is 0 Å². The summed E-state index contributed by atoms with van der Waals surface area (Å²) in [7, 11) is 0. The fraction of sp³-hybridized carbons (Fsp3) is 0.500. The smallest absolute Gasteiger partial charge is 0.0869 e. The summed E-state index contributed by atoms with van der Waals surface area (Å²) in [6.07, 6.45) is 2.91. The van der Waals surface area contributed by atoms with Crippen LogP contribution in [-0.4, -0.2) is 21.5 Å². The van der Waals surface area contributed by atoms with E-state index in [4.69, 9.17) is 0 Å². The van der Waals surface area contributed by atoms with E-state index in [1.807, 2.05) is 10.9 Å². The van der Waals surface area contributed by atoms with E-state index in [0.717, 1.165) is 29.7 Å². The third-order valence-corrected chi connectivity index (χ3v) is 4.63. The second-order valence-corrected chi connectivity index (χ2v) is 5.81. The topological polar surface area (TPSA) is 42.7 Å². The summed E-state index contributed by atoms with van der Waals surface area (Å²) in [5.74, 6) is 0. The number of aromatic nitrogens is 3. The number of nitrogens with zero attached hydrogens (tertiary/aromatic N) is 3. The Bertz CT molecular complexity index is 494. The molecule has 0 spiro atoms. The minimum absolute atomic E-state index is 0.158. The van der Waals surface area contributed by atoms with Gasteiger partial charge in [-0.15, -0.1) is 16.4 Å². The van der Waals surface area contributed by atoms with Crippen LogP contribution in [0, 0.1) is 0 Å². The lowest BCUT2D eigenvalue weighted by molar-refractivity contribution is 0.514. The standard InChI is InChI=1S/C12H17BrN4S/c1-3-6-17-10(8-15-16-17)11(14-4-2)12-9(13)5-7-18-12/h5,7-8,11,14H,3-4,6H2,1-2H3. The minimum Gasteiger partial charge on any atom is -0.305 e. The summed E-state index contributed by atoms with van der Waals surface area (Å²) in [6.45, 7) is 6.07. The summed E-state index contributed by atoms with van der Waals surface area (Å²) < 4.78 is 3.13. The van der Waals surface area contributed by atoms with Gasteiger partial charge in [0.05, 0.1) is 17.9 Å². The molecular formula is C12H17BrN4S. The molecule has 0 fully saturated rings. The SMILES string of the molecule is CCCn1nncc1C(NCC)c1sccc1Br. The first kappa shape index (κ1) is 13.7. The molecule has 1 unspecified atom stereocenters. The third kappa shape index (κ3) is 2.81. The minimum atomic E-state index is 0.158. The van der Waals surface area contributed by atoms with Crippen molar-refractivity contribution in [2.75, 3.05) is 6.54 Å². The molecule has 0 radical (unpaired) electrons. The van der Waals surface area contributed by atoms with E-state index < -0.39 is 0 Å². The van der Waals surface area contributed by atoms with E-state index in [9.17, 15) is 0 Å². The van der Waals surface area contributed by atoms with Gasteiger partial charge in [-0.05, 0) is 40.3 Å². The van der Waals surface area contributed by atoms with Gasteiger partial charge in [-0.2, -0.15) is 0 Å². The Morgan fingerprint density at radius 3 is 2.94 bits per heavy atom. The second kappa shape index (κ2) is 6.45. The van der Waals surface area contributed by atoms with Crippen LogP contribution >= 0.6 is 27.3 Å². The molecule has 2 aromatic rings. The van der Waals surface area contributed by atoms with Gasteiger partial charge in [-0.1, -0.05) is 19.1 Å². The zero-order valence-corrected chi connectivity index (χ0v) is 13.0. The molecule has 0 aliphatic rings. The van der Waals surface area contributed by atoms with E-state index >= 15 is 0 Å². The maximum absolute atomic E-state index is 4.16. The Morgan fingerprint density at radius 2 is 2.33 bits per heavy atom. The van der Waals surface area contributed by atoms with Gasteiger partial charge >= 0.3 is 0 Å². The molecule has 0 bridgehead atoms. The second-order valence-electron chi connectivity index (χ2n) is 4.01. The van der Waals surface area contributed by atoms with E-state index in [-0.39, 0.29) is 6.04 Å². The lowest BCUT2D eigenvalue weighted by atomic mass is 10.1. The molecular weight excluding hydrogens is 312 g/mol. The number of rotatable bonds is 6. The van der Waals surface area contributed by atoms with Crippen LogP contribution in [0.3, 0.4) is 0 Å². The predicted molar refractivity (Wildman–Crippen MR) is 77.9 cm³/mol.